The van der Waals surface area contributed by atoms with Crippen LogP contribution in [-0.2, 0) is 10.2 Å². The summed E-state index contributed by atoms with van der Waals surface area (Å²) in [6.45, 7) is 6.04. The van der Waals surface area contributed by atoms with Crippen LogP contribution in [0.1, 0.15) is 45.1 Å². The van der Waals surface area contributed by atoms with Crippen molar-refractivity contribution in [2.75, 3.05) is 13.2 Å². The highest BCUT2D eigenvalue weighted by atomic mass is 35.5. The average Bonchev–Trinajstić information content (AvgIpc) is 2.40. The molecule has 2 N–H and O–H groups in total. The lowest BCUT2D eigenvalue weighted by Crippen LogP contribution is -2.46. The fraction of sp³-hybridized carbons (Fsp3) is 0.625. The molecule has 0 amide bonds. The van der Waals surface area contributed by atoms with Crippen molar-refractivity contribution < 1.29 is 4.74 Å². The highest BCUT2D eigenvalue weighted by Crippen LogP contribution is 2.44. The van der Waals surface area contributed by atoms with E-state index in [0.29, 0.717) is 0 Å². The van der Waals surface area contributed by atoms with E-state index in [1.54, 1.807) is 0 Å². The van der Waals surface area contributed by atoms with E-state index >= 15 is 0 Å². The number of hydrogen-bond donors (Lipinski definition) is 1. The monoisotopic (exact) mass is 283 g/mol. The third-order valence-electron chi connectivity index (χ3n) is 4.50. The zero-order chi connectivity index (χ0) is 13.1. The molecule has 0 aliphatic carbocycles. The summed E-state index contributed by atoms with van der Waals surface area (Å²) in [4.78, 5) is 0. The van der Waals surface area contributed by atoms with Crippen LogP contribution in [0.25, 0.3) is 0 Å². The molecule has 2 nitrogen and oxygen atoms in total. The van der Waals surface area contributed by atoms with Crippen LogP contribution in [-0.4, -0.2) is 18.8 Å². The molecule has 2 atom stereocenters. The second-order valence-corrected chi connectivity index (χ2v) is 5.76. The molecule has 108 valence electrons. The Morgan fingerprint density at radius 2 is 1.95 bits per heavy atom. The van der Waals surface area contributed by atoms with Gasteiger partial charge in [-0.2, -0.15) is 0 Å². The summed E-state index contributed by atoms with van der Waals surface area (Å²) < 4.78 is 6.00. The predicted octanol–water partition coefficient (Wildman–Crippen LogP) is 3.67. The molecule has 1 aliphatic heterocycles. The van der Waals surface area contributed by atoms with E-state index in [2.05, 4.69) is 44.2 Å². The normalized spacial score (nSPS) is 30.7. The fourth-order valence-electron chi connectivity index (χ4n) is 3.25. The van der Waals surface area contributed by atoms with Gasteiger partial charge < -0.3 is 10.5 Å². The van der Waals surface area contributed by atoms with Gasteiger partial charge in [-0.1, -0.05) is 37.3 Å². The summed E-state index contributed by atoms with van der Waals surface area (Å²) >= 11 is 0. The van der Waals surface area contributed by atoms with E-state index in [0.717, 1.165) is 38.8 Å². The molecule has 1 fully saturated rings. The fourth-order valence-corrected chi connectivity index (χ4v) is 3.25. The summed E-state index contributed by atoms with van der Waals surface area (Å²) in [6, 6.07) is 10.8. The van der Waals surface area contributed by atoms with Crippen LogP contribution in [0.15, 0.2) is 30.3 Å². The Labute approximate surface area is 123 Å². The number of ether oxygens (including phenoxy) is 1. The first-order valence-corrected chi connectivity index (χ1v) is 7.04. The largest absolute Gasteiger partial charge is 0.375 e. The van der Waals surface area contributed by atoms with E-state index in [1.165, 1.54) is 5.56 Å². The van der Waals surface area contributed by atoms with E-state index in [9.17, 15) is 0 Å². The maximum absolute atomic E-state index is 6.00. The zero-order valence-electron chi connectivity index (χ0n) is 12.0. The lowest BCUT2D eigenvalue weighted by atomic mass is 9.66. The minimum atomic E-state index is 0. The third-order valence-corrected chi connectivity index (χ3v) is 4.50. The molecule has 0 radical (unpaired) electrons. The Bertz CT molecular complexity index is 380. The lowest BCUT2D eigenvalue weighted by molar-refractivity contribution is -0.0976. The molecule has 1 saturated heterocycles. The first-order valence-electron chi connectivity index (χ1n) is 7.04. The lowest BCUT2D eigenvalue weighted by Gasteiger charge is -2.46. The maximum atomic E-state index is 6.00. The SMILES string of the molecule is CCC1(C)CC(CCN)(c2ccccc2)CCO1.Cl. The van der Waals surface area contributed by atoms with Gasteiger partial charge >= 0.3 is 0 Å². The summed E-state index contributed by atoms with van der Waals surface area (Å²) in [6.07, 6.45) is 4.28. The highest BCUT2D eigenvalue weighted by Gasteiger charge is 2.42. The molecule has 19 heavy (non-hydrogen) atoms. The predicted molar refractivity (Wildman–Crippen MR) is 82.9 cm³/mol. The molecule has 0 saturated carbocycles. The summed E-state index contributed by atoms with van der Waals surface area (Å²) in [7, 11) is 0. The Balaban J connectivity index is 0.00000180. The smallest absolute Gasteiger partial charge is 0.0660 e. The Kier molecular flexibility index (Phi) is 5.84. The van der Waals surface area contributed by atoms with Crippen molar-refractivity contribution in [3.8, 4) is 0 Å². The Hall–Kier alpha value is -0.570. The summed E-state index contributed by atoms with van der Waals surface area (Å²) in [5, 5.41) is 0. The molecule has 1 heterocycles. The molecule has 0 spiro atoms. The highest BCUT2D eigenvalue weighted by molar-refractivity contribution is 5.85. The molecule has 2 unspecified atom stereocenters. The van der Waals surface area contributed by atoms with Gasteiger partial charge in [-0.15, -0.1) is 12.4 Å². The van der Waals surface area contributed by atoms with Crippen LogP contribution < -0.4 is 5.73 Å². The van der Waals surface area contributed by atoms with Crippen molar-refractivity contribution in [2.24, 2.45) is 5.73 Å². The van der Waals surface area contributed by atoms with Crippen LogP contribution in [0.5, 0.6) is 0 Å². The average molecular weight is 284 g/mol. The molecule has 1 aromatic rings. The van der Waals surface area contributed by atoms with Gasteiger partial charge in [0.2, 0.25) is 0 Å². The van der Waals surface area contributed by atoms with Crippen LogP contribution in [0, 0.1) is 0 Å². The number of rotatable bonds is 4. The van der Waals surface area contributed by atoms with E-state index in [-0.39, 0.29) is 23.4 Å². The first kappa shape index (κ1) is 16.5. The van der Waals surface area contributed by atoms with Crippen LogP contribution in [0.3, 0.4) is 0 Å². The molecule has 3 heteroatoms. The second kappa shape index (κ2) is 6.74. The van der Waals surface area contributed by atoms with E-state index < -0.39 is 0 Å². The second-order valence-electron chi connectivity index (χ2n) is 5.76. The van der Waals surface area contributed by atoms with Crippen LogP contribution >= 0.6 is 12.4 Å². The molecular formula is C16H26ClNO. The Morgan fingerprint density at radius 3 is 2.53 bits per heavy atom. The van der Waals surface area contributed by atoms with Gasteiger partial charge in [0.25, 0.3) is 0 Å². The molecular weight excluding hydrogens is 258 g/mol. The molecule has 1 aromatic carbocycles. The van der Waals surface area contributed by atoms with Crippen molar-refractivity contribution in [3.05, 3.63) is 35.9 Å². The van der Waals surface area contributed by atoms with Gasteiger partial charge in [0.05, 0.1) is 5.60 Å². The molecule has 0 aromatic heterocycles. The van der Waals surface area contributed by atoms with Crippen molar-refractivity contribution in [3.63, 3.8) is 0 Å². The van der Waals surface area contributed by atoms with Crippen LogP contribution in [0.2, 0.25) is 0 Å². The van der Waals surface area contributed by atoms with Crippen molar-refractivity contribution in [2.45, 2.75) is 50.5 Å². The number of hydrogen-bond acceptors (Lipinski definition) is 2. The van der Waals surface area contributed by atoms with Gasteiger partial charge in [-0.3, -0.25) is 0 Å². The van der Waals surface area contributed by atoms with Crippen molar-refractivity contribution >= 4 is 12.4 Å². The van der Waals surface area contributed by atoms with Gasteiger partial charge in [0.1, 0.15) is 0 Å². The third kappa shape index (κ3) is 3.50. The van der Waals surface area contributed by atoms with E-state index in [1.807, 2.05) is 0 Å². The van der Waals surface area contributed by atoms with Crippen molar-refractivity contribution in [1.82, 2.24) is 0 Å². The maximum Gasteiger partial charge on any atom is 0.0660 e. The molecule has 2 rings (SSSR count). The standard InChI is InChI=1S/C16H25NO.ClH/c1-3-15(2)13-16(9-11-17,10-12-18-15)14-7-5-4-6-8-14;/h4-8H,3,9-13,17H2,1-2H3;1H. The van der Waals surface area contributed by atoms with Gasteiger partial charge in [0.15, 0.2) is 0 Å². The summed E-state index contributed by atoms with van der Waals surface area (Å²) in [5.74, 6) is 0. The minimum Gasteiger partial charge on any atom is -0.375 e. The van der Waals surface area contributed by atoms with Gasteiger partial charge in [-0.25, -0.2) is 0 Å². The molecule has 1 aliphatic rings. The van der Waals surface area contributed by atoms with Crippen molar-refractivity contribution in [1.29, 1.82) is 0 Å². The summed E-state index contributed by atoms with van der Waals surface area (Å²) in [5.41, 5.74) is 7.51. The quantitative estimate of drug-likeness (QED) is 0.915. The number of benzene rings is 1. The first-order chi connectivity index (χ1) is 8.64. The number of halogens is 1. The minimum absolute atomic E-state index is 0. The molecule has 0 bridgehead atoms. The number of nitrogens with two attached hydrogens (primary N) is 1. The Morgan fingerprint density at radius 1 is 1.26 bits per heavy atom. The van der Waals surface area contributed by atoms with Crippen LogP contribution in [0.4, 0.5) is 0 Å². The van der Waals surface area contributed by atoms with Gasteiger partial charge in [0, 0.05) is 12.0 Å². The van der Waals surface area contributed by atoms with E-state index in [4.69, 9.17) is 10.5 Å². The topological polar surface area (TPSA) is 35.2 Å². The van der Waals surface area contributed by atoms with Gasteiger partial charge in [-0.05, 0) is 44.7 Å². The zero-order valence-corrected chi connectivity index (χ0v) is 12.8.